The summed E-state index contributed by atoms with van der Waals surface area (Å²) >= 11 is 11.3. The summed E-state index contributed by atoms with van der Waals surface area (Å²) < 4.78 is 5.74. The first kappa shape index (κ1) is 20.8. The minimum atomic E-state index is -0.280. The molecule has 1 amide bonds. The smallest absolute Gasteiger partial charge is 0.257 e. The Morgan fingerprint density at radius 2 is 1.62 bits per heavy atom. The zero-order chi connectivity index (χ0) is 20.5. The summed E-state index contributed by atoms with van der Waals surface area (Å²) in [4.78, 5) is 12.3. The number of thiocarbonyl (C=S) groups is 1. The molecule has 2 N–H and O–H groups in total. The van der Waals surface area contributed by atoms with Gasteiger partial charge in [-0.1, -0.05) is 60.1 Å². The fourth-order valence-electron chi connectivity index (χ4n) is 2.67. The summed E-state index contributed by atoms with van der Waals surface area (Å²) in [6.45, 7) is 1.01. The number of halogens is 1. The molecule has 3 aromatic carbocycles. The van der Waals surface area contributed by atoms with Crippen LogP contribution in [0.5, 0.6) is 5.75 Å². The van der Waals surface area contributed by atoms with Crippen LogP contribution in [0.1, 0.15) is 21.5 Å². The van der Waals surface area contributed by atoms with Crippen molar-refractivity contribution < 1.29 is 9.53 Å². The van der Waals surface area contributed by atoms with Crippen molar-refractivity contribution in [3.05, 3.63) is 101 Å². The lowest BCUT2D eigenvalue weighted by Gasteiger charge is -2.11. The monoisotopic (exact) mass is 424 g/mol. The zero-order valence-corrected chi connectivity index (χ0v) is 17.3. The van der Waals surface area contributed by atoms with Crippen LogP contribution < -0.4 is 15.4 Å². The van der Waals surface area contributed by atoms with Gasteiger partial charge in [0, 0.05) is 23.6 Å². The Kier molecular flexibility index (Phi) is 7.61. The molecular formula is C23H21ClN2O2S. The summed E-state index contributed by atoms with van der Waals surface area (Å²) in [6.07, 6.45) is 0.828. The zero-order valence-electron chi connectivity index (χ0n) is 15.7. The van der Waals surface area contributed by atoms with E-state index in [1.165, 1.54) is 5.56 Å². The molecule has 3 rings (SSSR count). The fourth-order valence-corrected chi connectivity index (χ4v) is 3.04. The molecule has 0 unspecified atom stereocenters. The van der Waals surface area contributed by atoms with Crippen molar-refractivity contribution in [3.63, 3.8) is 0 Å². The van der Waals surface area contributed by atoms with Crippen LogP contribution in [0.25, 0.3) is 0 Å². The van der Waals surface area contributed by atoms with Crippen LogP contribution in [0.15, 0.2) is 78.9 Å². The van der Waals surface area contributed by atoms with E-state index in [-0.39, 0.29) is 11.0 Å². The van der Waals surface area contributed by atoms with Gasteiger partial charge < -0.3 is 10.1 Å². The summed E-state index contributed by atoms with van der Waals surface area (Å²) in [5.74, 6) is 0.439. The van der Waals surface area contributed by atoms with Crippen LogP contribution in [0, 0.1) is 0 Å². The first-order valence-electron chi connectivity index (χ1n) is 9.21. The van der Waals surface area contributed by atoms with E-state index in [4.69, 9.17) is 28.6 Å². The summed E-state index contributed by atoms with van der Waals surface area (Å²) in [7, 11) is 0. The molecule has 0 aliphatic carbocycles. The lowest BCUT2D eigenvalue weighted by molar-refractivity contribution is 0.0976. The van der Waals surface area contributed by atoms with Gasteiger partial charge in [0.15, 0.2) is 5.11 Å². The predicted octanol–water partition coefficient (Wildman–Crippen LogP) is 4.77. The van der Waals surface area contributed by atoms with Gasteiger partial charge in [-0.25, -0.2) is 0 Å². The van der Waals surface area contributed by atoms with Gasteiger partial charge in [-0.2, -0.15) is 0 Å². The Labute approximate surface area is 180 Å². The molecule has 0 saturated carbocycles. The second kappa shape index (κ2) is 10.6. The Balaban J connectivity index is 1.44. The Bertz CT molecular complexity index is 962. The van der Waals surface area contributed by atoms with Crippen molar-refractivity contribution in [2.75, 3.05) is 6.61 Å². The van der Waals surface area contributed by atoms with Gasteiger partial charge in [0.05, 0.1) is 6.61 Å². The molecule has 29 heavy (non-hydrogen) atoms. The van der Waals surface area contributed by atoms with E-state index >= 15 is 0 Å². The maximum absolute atomic E-state index is 12.3. The second-order valence-electron chi connectivity index (χ2n) is 6.34. The molecule has 3 aromatic rings. The highest BCUT2D eigenvalue weighted by Gasteiger charge is 2.08. The van der Waals surface area contributed by atoms with Crippen molar-refractivity contribution in [1.29, 1.82) is 0 Å². The summed E-state index contributed by atoms with van der Waals surface area (Å²) in [5, 5.41) is 6.55. The van der Waals surface area contributed by atoms with Gasteiger partial charge in [-0.15, -0.1) is 0 Å². The minimum Gasteiger partial charge on any atom is -0.493 e. The molecule has 0 atom stereocenters. The maximum Gasteiger partial charge on any atom is 0.257 e. The van der Waals surface area contributed by atoms with Crippen molar-refractivity contribution in [1.82, 2.24) is 10.6 Å². The lowest BCUT2D eigenvalue weighted by atomic mass is 10.2. The number of nitrogens with one attached hydrogen (secondary N) is 2. The average Bonchev–Trinajstić information content (AvgIpc) is 2.74. The fraction of sp³-hybridized carbons (Fsp3) is 0.130. The number of amides is 1. The van der Waals surface area contributed by atoms with E-state index in [0.29, 0.717) is 23.7 Å². The third kappa shape index (κ3) is 6.59. The highest BCUT2D eigenvalue weighted by atomic mass is 35.5. The van der Waals surface area contributed by atoms with Crippen molar-refractivity contribution >= 4 is 34.8 Å². The maximum atomic E-state index is 12.3. The van der Waals surface area contributed by atoms with E-state index in [9.17, 15) is 4.79 Å². The first-order chi connectivity index (χ1) is 14.1. The molecule has 0 radical (unpaired) electrons. The number of carbonyl (C=O) groups is 1. The van der Waals surface area contributed by atoms with Gasteiger partial charge in [0.25, 0.3) is 5.91 Å². The standard InChI is InChI=1S/C23H21ClN2O2S/c24-21-9-5-4-8-19(21)16-25-23(29)26-22(27)18-10-12-20(13-11-18)28-15-14-17-6-2-1-3-7-17/h1-13H,14-16H2,(H2,25,26,27,29). The van der Waals surface area contributed by atoms with Crippen molar-refractivity contribution in [2.45, 2.75) is 13.0 Å². The van der Waals surface area contributed by atoms with Gasteiger partial charge in [0.1, 0.15) is 5.75 Å². The van der Waals surface area contributed by atoms with E-state index in [0.717, 1.165) is 17.7 Å². The summed E-state index contributed by atoms with van der Waals surface area (Å²) in [6, 6.07) is 24.6. The molecular weight excluding hydrogens is 404 g/mol. The predicted molar refractivity (Wildman–Crippen MR) is 120 cm³/mol. The first-order valence-corrected chi connectivity index (χ1v) is 10.00. The van der Waals surface area contributed by atoms with Crippen LogP contribution in [-0.4, -0.2) is 17.6 Å². The molecule has 6 heteroatoms. The number of ether oxygens (including phenoxy) is 1. The van der Waals surface area contributed by atoms with Crippen LogP contribution in [0.4, 0.5) is 0 Å². The largest absolute Gasteiger partial charge is 0.493 e. The number of hydrogen-bond donors (Lipinski definition) is 2. The third-order valence-electron chi connectivity index (χ3n) is 4.24. The molecule has 0 aromatic heterocycles. The highest BCUT2D eigenvalue weighted by molar-refractivity contribution is 7.80. The van der Waals surface area contributed by atoms with Crippen molar-refractivity contribution in [2.24, 2.45) is 0 Å². The molecule has 0 heterocycles. The molecule has 0 aliphatic heterocycles. The normalized spacial score (nSPS) is 10.2. The second-order valence-corrected chi connectivity index (χ2v) is 7.15. The Morgan fingerprint density at radius 1 is 0.931 bits per heavy atom. The van der Waals surface area contributed by atoms with E-state index < -0.39 is 0 Å². The van der Waals surface area contributed by atoms with E-state index in [1.807, 2.05) is 42.5 Å². The van der Waals surface area contributed by atoms with Crippen LogP contribution in [0.2, 0.25) is 5.02 Å². The van der Waals surface area contributed by atoms with Crippen LogP contribution in [-0.2, 0) is 13.0 Å². The number of carbonyl (C=O) groups excluding carboxylic acids is 1. The molecule has 0 bridgehead atoms. The van der Waals surface area contributed by atoms with Gasteiger partial charge in [-0.05, 0) is 53.7 Å². The van der Waals surface area contributed by atoms with Gasteiger partial charge in [-0.3, -0.25) is 10.1 Å². The molecule has 0 aliphatic rings. The quantitative estimate of drug-likeness (QED) is 0.536. The van der Waals surface area contributed by atoms with Crippen LogP contribution in [0.3, 0.4) is 0 Å². The molecule has 0 saturated heterocycles. The lowest BCUT2D eigenvalue weighted by Crippen LogP contribution is -2.38. The third-order valence-corrected chi connectivity index (χ3v) is 4.86. The average molecular weight is 425 g/mol. The highest BCUT2D eigenvalue weighted by Crippen LogP contribution is 2.15. The molecule has 0 fully saturated rings. The molecule has 4 nitrogen and oxygen atoms in total. The SMILES string of the molecule is O=C(NC(=S)NCc1ccccc1Cl)c1ccc(OCCc2ccccc2)cc1. The molecule has 148 valence electrons. The van der Waals surface area contributed by atoms with Gasteiger partial charge >= 0.3 is 0 Å². The number of hydrogen-bond acceptors (Lipinski definition) is 3. The molecule has 0 spiro atoms. The Morgan fingerprint density at radius 3 is 2.34 bits per heavy atom. The van der Waals surface area contributed by atoms with E-state index in [2.05, 4.69) is 22.8 Å². The van der Waals surface area contributed by atoms with Crippen molar-refractivity contribution in [3.8, 4) is 5.75 Å². The van der Waals surface area contributed by atoms with E-state index in [1.54, 1.807) is 24.3 Å². The minimum absolute atomic E-state index is 0.248. The number of benzene rings is 3. The summed E-state index contributed by atoms with van der Waals surface area (Å²) in [5.41, 5.74) is 2.63. The van der Waals surface area contributed by atoms with Gasteiger partial charge in [0.2, 0.25) is 0 Å². The topological polar surface area (TPSA) is 50.4 Å². The Hall–Kier alpha value is -2.89. The van der Waals surface area contributed by atoms with Crippen LogP contribution >= 0.6 is 23.8 Å². The number of rotatable bonds is 7.